The summed E-state index contributed by atoms with van der Waals surface area (Å²) in [6.45, 7) is 4.85. The van der Waals surface area contributed by atoms with Gasteiger partial charge in [0.05, 0.1) is 4.91 Å². The fraction of sp³-hybridized carbons (Fsp3) is 0.522. The molecule has 162 valence electrons. The maximum absolute atomic E-state index is 12.6. The first kappa shape index (κ1) is 22.8. The van der Waals surface area contributed by atoms with E-state index in [1.54, 1.807) is 0 Å². The van der Waals surface area contributed by atoms with Gasteiger partial charge in [0.2, 0.25) is 0 Å². The summed E-state index contributed by atoms with van der Waals surface area (Å²) in [5.74, 6) is -0.186. The van der Waals surface area contributed by atoms with Crippen LogP contribution in [0.15, 0.2) is 29.2 Å². The normalized spacial score (nSPS) is 20.6. The molecule has 1 N–H and O–H groups in total. The monoisotopic (exact) mass is 446 g/mol. The van der Waals surface area contributed by atoms with Crippen LogP contribution in [-0.2, 0) is 9.59 Å². The first-order valence-electron chi connectivity index (χ1n) is 10.8. The van der Waals surface area contributed by atoms with Gasteiger partial charge in [0, 0.05) is 31.7 Å². The van der Waals surface area contributed by atoms with E-state index in [1.807, 2.05) is 6.08 Å². The van der Waals surface area contributed by atoms with Crippen LogP contribution in [0.3, 0.4) is 0 Å². The molecule has 1 aromatic carbocycles. The van der Waals surface area contributed by atoms with Gasteiger partial charge in [-0.15, -0.1) is 0 Å². The number of nitrogens with zero attached hydrogens (tertiary/aromatic N) is 2. The predicted molar refractivity (Wildman–Crippen MR) is 128 cm³/mol. The summed E-state index contributed by atoms with van der Waals surface area (Å²) in [5, 5.41) is 8.77. The van der Waals surface area contributed by atoms with Gasteiger partial charge in [-0.1, -0.05) is 62.3 Å². The van der Waals surface area contributed by atoms with Gasteiger partial charge in [-0.2, -0.15) is 0 Å². The maximum Gasteiger partial charge on any atom is 0.303 e. The van der Waals surface area contributed by atoms with Crippen LogP contribution in [0, 0.1) is 5.92 Å². The largest absolute Gasteiger partial charge is 0.481 e. The molecule has 1 amide bonds. The smallest absolute Gasteiger partial charge is 0.303 e. The molecule has 2 aliphatic heterocycles. The molecule has 2 heterocycles. The van der Waals surface area contributed by atoms with Crippen molar-refractivity contribution in [1.29, 1.82) is 0 Å². The number of rotatable bonds is 10. The van der Waals surface area contributed by atoms with Crippen molar-refractivity contribution in [3.05, 3.63) is 34.7 Å². The third-order valence-electron chi connectivity index (χ3n) is 5.70. The summed E-state index contributed by atoms with van der Waals surface area (Å²) in [5.41, 5.74) is 2.22. The van der Waals surface area contributed by atoms with Gasteiger partial charge in [-0.05, 0) is 49.0 Å². The summed E-state index contributed by atoms with van der Waals surface area (Å²) in [6.07, 6.45) is 8.86. The van der Waals surface area contributed by atoms with Crippen LogP contribution in [0.4, 0.5) is 5.69 Å². The summed E-state index contributed by atoms with van der Waals surface area (Å²) in [4.78, 5) is 27.9. The van der Waals surface area contributed by atoms with E-state index >= 15 is 0 Å². The first-order chi connectivity index (χ1) is 14.5. The fourth-order valence-corrected chi connectivity index (χ4v) is 5.31. The Bertz CT molecular complexity index is 807. The van der Waals surface area contributed by atoms with Gasteiger partial charge in [0.1, 0.15) is 4.32 Å². The number of carboxylic acid groups (broad SMARTS) is 1. The number of hydrogen-bond acceptors (Lipinski definition) is 5. The quantitative estimate of drug-likeness (QED) is 0.304. The van der Waals surface area contributed by atoms with Crippen molar-refractivity contribution in [3.63, 3.8) is 0 Å². The van der Waals surface area contributed by atoms with Crippen LogP contribution in [0.5, 0.6) is 0 Å². The zero-order valence-corrected chi connectivity index (χ0v) is 19.1. The highest BCUT2D eigenvalue weighted by Crippen LogP contribution is 2.33. The van der Waals surface area contributed by atoms with Gasteiger partial charge in [0.15, 0.2) is 0 Å². The molecule has 0 aromatic heterocycles. The van der Waals surface area contributed by atoms with Crippen LogP contribution >= 0.6 is 24.0 Å². The third kappa shape index (κ3) is 6.08. The highest BCUT2D eigenvalue weighted by molar-refractivity contribution is 8.26. The molecule has 2 fully saturated rings. The molecule has 0 spiro atoms. The Morgan fingerprint density at radius 1 is 1.27 bits per heavy atom. The van der Waals surface area contributed by atoms with Crippen molar-refractivity contribution >= 4 is 51.9 Å². The lowest BCUT2D eigenvalue weighted by Crippen LogP contribution is -2.29. The van der Waals surface area contributed by atoms with E-state index in [0.29, 0.717) is 22.2 Å². The Kier molecular flexibility index (Phi) is 8.33. The number of thiocarbonyl (C=S) groups is 1. The predicted octanol–water partition coefficient (Wildman–Crippen LogP) is 5.16. The van der Waals surface area contributed by atoms with Gasteiger partial charge in [-0.3, -0.25) is 14.5 Å². The van der Waals surface area contributed by atoms with Crippen molar-refractivity contribution in [2.75, 3.05) is 24.5 Å². The maximum atomic E-state index is 12.6. The number of carboxylic acids is 1. The molecule has 3 rings (SSSR count). The molecular formula is C23H30N2O3S2. The minimum atomic E-state index is -0.860. The van der Waals surface area contributed by atoms with Gasteiger partial charge >= 0.3 is 5.97 Å². The van der Waals surface area contributed by atoms with Crippen LogP contribution in [0.25, 0.3) is 6.08 Å². The van der Waals surface area contributed by atoms with E-state index in [1.165, 1.54) is 54.5 Å². The van der Waals surface area contributed by atoms with E-state index in [9.17, 15) is 9.59 Å². The van der Waals surface area contributed by atoms with Crippen LogP contribution in [0.2, 0.25) is 0 Å². The molecular weight excluding hydrogens is 416 g/mol. The average Bonchev–Trinajstić information content (AvgIpc) is 3.29. The van der Waals surface area contributed by atoms with Crippen molar-refractivity contribution in [2.24, 2.45) is 5.92 Å². The number of aliphatic carboxylic acids is 1. The number of carbonyl (C=O) groups is 2. The minimum Gasteiger partial charge on any atom is -0.481 e. The van der Waals surface area contributed by atoms with Gasteiger partial charge < -0.3 is 10.0 Å². The zero-order valence-electron chi connectivity index (χ0n) is 17.5. The van der Waals surface area contributed by atoms with Crippen LogP contribution < -0.4 is 4.90 Å². The van der Waals surface area contributed by atoms with Gasteiger partial charge in [0.25, 0.3) is 5.91 Å². The minimum absolute atomic E-state index is 0.0352. The van der Waals surface area contributed by atoms with Crippen LogP contribution in [-0.4, -0.2) is 45.8 Å². The Morgan fingerprint density at radius 2 is 2.03 bits per heavy atom. The van der Waals surface area contributed by atoms with Crippen molar-refractivity contribution in [3.8, 4) is 0 Å². The van der Waals surface area contributed by atoms with E-state index in [-0.39, 0.29) is 12.3 Å². The molecule has 0 bridgehead atoms. The highest BCUT2D eigenvalue weighted by Gasteiger charge is 2.31. The van der Waals surface area contributed by atoms with Gasteiger partial charge in [-0.25, -0.2) is 0 Å². The molecule has 2 aliphatic rings. The lowest BCUT2D eigenvalue weighted by molar-refractivity contribution is -0.137. The lowest BCUT2D eigenvalue weighted by atomic mass is 10.0. The van der Waals surface area contributed by atoms with Crippen LogP contribution in [0.1, 0.15) is 57.4 Å². The van der Waals surface area contributed by atoms with Crippen molar-refractivity contribution in [2.45, 2.75) is 51.9 Å². The standard InChI is InChI=1S/C23H30N2O3S2/c1-2-3-4-6-18-12-14-24(16-18)19-10-8-17(9-11-19)15-20-22(28)25(23(29)30-20)13-5-7-21(26)27/h8-11,15,18H,2-7,12-14,16H2,1H3,(H,26,27). The Hall–Kier alpha value is -1.86. The number of hydrogen-bond donors (Lipinski definition) is 1. The second-order valence-corrected chi connectivity index (χ2v) is 9.69. The second kappa shape index (κ2) is 11.0. The third-order valence-corrected chi connectivity index (χ3v) is 7.08. The van der Waals surface area contributed by atoms with Crippen molar-refractivity contribution in [1.82, 2.24) is 4.90 Å². The summed E-state index contributed by atoms with van der Waals surface area (Å²) in [7, 11) is 0. The number of amides is 1. The number of thioether (sulfide) groups is 1. The highest BCUT2D eigenvalue weighted by atomic mass is 32.2. The number of benzene rings is 1. The molecule has 5 nitrogen and oxygen atoms in total. The first-order valence-corrected chi connectivity index (χ1v) is 12.0. The van der Waals surface area contributed by atoms with E-state index in [0.717, 1.165) is 24.6 Å². The molecule has 1 unspecified atom stereocenters. The molecule has 30 heavy (non-hydrogen) atoms. The number of carbonyl (C=O) groups excluding carboxylic acids is 1. The van der Waals surface area contributed by atoms with E-state index in [2.05, 4.69) is 36.1 Å². The topological polar surface area (TPSA) is 60.9 Å². The summed E-state index contributed by atoms with van der Waals surface area (Å²) >= 11 is 6.59. The molecule has 1 aromatic rings. The SMILES string of the molecule is CCCCCC1CCN(c2ccc(C=C3SC(=S)N(CCCC(=O)O)C3=O)cc2)C1. The molecule has 0 aliphatic carbocycles. The Morgan fingerprint density at radius 3 is 2.73 bits per heavy atom. The van der Waals surface area contributed by atoms with E-state index in [4.69, 9.17) is 17.3 Å². The molecule has 7 heteroatoms. The molecule has 0 radical (unpaired) electrons. The molecule has 2 saturated heterocycles. The zero-order chi connectivity index (χ0) is 21.5. The number of unbranched alkanes of at least 4 members (excludes halogenated alkanes) is 2. The molecule has 1 atom stereocenters. The Balaban J connectivity index is 1.56. The number of anilines is 1. The Labute approximate surface area is 188 Å². The lowest BCUT2D eigenvalue weighted by Gasteiger charge is -2.19. The fourth-order valence-electron chi connectivity index (χ4n) is 4.00. The summed E-state index contributed by atoms with van der Waals surface area (Å²) < 4.78 is 0.499. The average molecular weight is 447 g/mol. The van der Waals surface area contributed by atoms with E-state index < -0.39 is 5.97 Å². The summed E-state index contributed by atoms with van der Waals surface area (Å²) in [6, 6.07) is 8.37. The second-order valence-electron chi connectivity index (χ2n) is 8.02. The van der Waals surface area contributed by atoms with Crippen molar-refractivity contribution < 1.29 is 14.7 Å². The molecule has 0 saturated carbocycles.